The first kappa shape index (κ1) is 14.2. The van der Waals surface area contributed by atoms with Crippen LogP contribution >= 0.6 is 0 Å². The second kappa shape index (κ2) is 8.28. The normalized spacial score (nSPS) is 12.4. The van der Waals surface area contributed by atoms with Gasteiger partial charge in [0.1, 0.15) is 0 Å². The Morgan fingerprint density at radius 3 is 2.65 bits per heavy atom. The summed E-state index contributed by atoms with van der Waals surface area (Å²) >= 11 is 0. The summed E-state index contributed by atoms with van der Waals surface area (Å²) in [7, 11) is -0.821. The van der Waals surface area contributed by atoms with Crippen molar-refractivity contribution in [1.82, 2.24) is 0 Å². The van der Waals surface area contributed by atoms with Crippen LogP contribution in [0.15, 0.2) is 30.3 Å². The van der Waals surface area contributed by atoms with Gasteiger partial charge in [-0.2, -0.15) is 0 Å². The van der Waals surface area contributed by atoms with Crippen LogP contribution in [-0.2, 0) is 9.39 Å². The summed E-state index contributed by atoms with van der Waals surface area (Å²) in [4.78, 5) is 0. The van der Waals surface area contributed by atoms with Gasteiger partial charge in [0, 0.05) is 13.2 Å². The lowest BCUT2D eigenvalue weighted by atomic mass is 9.80. The lowest BCUT2D eigenvalue weighted by Crippen LogP contribution is -2.33. The van der Waals surface area contributed by atoms with E-state index >= 15 is 0 Å². The molecule has 0 spiro atoms. The molecule has 0 aromatic heterocycles. The van der Waals surface area contributed by atoms with Crippen LogP contribution < -0.4 is 5.46 Å². The minimum absolute atomic E-state index is 0.262. The fraction of sp³-hybridized carbons (Fsp3) is 0.538. The molecule has 1 aromatic carbocycles. The van der Waals surface area contributed by atoms with Crippen molar-refractivity contribution in [1.29, 1.82) is 0 Å². The topological polar surface area (TPSA) is 38.7 Å². The van der Waals surface area contributed by atoms with Gasteiger partial charge in [-0.05, 0) is 32.2 Å². The van der Waals surface area contributed by atoms with Gasteiger partial charge in [0.2, 0.25) is 0 Å². The highest BCUT2D eigenvalue weighted by Gasteiger charge is 2.15. The summed E-state index contributed by atoms with van der Waals surface area (Å²) in [5.41, 5.74) is 0.797. The fourth-order valence-electron chi connectivity index (χ4n) is 1.65. The average Bonchev–Trinajstić information content (AvgIpc) is 2.36. The van der Waals surface area contributed by atoms with Crippen molar-refractivity contribution in [2.45, 2.75) is 32.8 Å². The zero-order valence-corrected chi connectivity index (χ0v) is 10.6. The Morgan fingerprint density at radius 2 is 2.00 bits per heavy atom. The standard InChI is InChI=1S/C13H21BO3/c1-3-16-12(2)8-7-11-17-14(15)13-9-5-4-6-10-13/h4-6,9-10,12,15H,3,7-8,11H2,1-2H3. The van der Waals surface area contributed by atoms with E-state index in [2.05, 4.69) is 6.92 Å². The zero-order chi connectivity index (χ0) is 12.5. The van der Waals surface area contributed by atoms with E-state index in [1.54, 1.807) is 0 Å². The van der Waals surface area contributed by atoms with E-state index in [-0.39, 0.29) is 6.10 Å². The van der Waals surface area contributed by atoms with E-state index in [0.717, 1.165) is 24.9 Å². The molecule has 17 heavy (non-hydrogen) atoms. The molecule has 0 aliphatic carbocycles. The molecule has 0 saturated carbocycles. The molecule has 0 heterocycles. The van der Waals surface area contributed by atoms with Gasteiger partial charge in [-0.3, -0.25) is 0 Å². The van der Waals surface area contributed by atoms with Gasteiger partial charge < -0.3 is 14.4 Å². The van der Waals surface area contributed by atoms with Crippen LogP contribution in [-0.4, -0.2) is 31.5 Å². The van der Waals surface area contributed by atoms with Gasteiger partial charge in [-0.1, -0.05) is 30.3 Å². The quantitative estimate of drug-likeness (QED) is 0.550. The number of ether oxygens (including phenoxy) is 1. The molecular formula is C13H21BO3. The molecule has 1 aromatic rings. The Morgan fingerprint density at radius 1 is 1.29 bits per heavy atom. The molecule has 0 amide bonds. The lowest BCUT2D eigenvalue weighted by Gasteiger charge is -2.12. The fourth-order valence-corrected chi connectivity index (χ4v) is 1.65. The van der Waals surface area contributed by atoms with Gasteiger partial charge >= 0.3 is 7.12 Å². The minimum atomic E-state index is -0.821. The number of hydrogen-bond donors (Lipinski definition) is 1. The summed E-state index contributed by atoms with van der Waals surface area (Å²) in [6.45, 7) is 5.34. The third-order valence-electron chi connectivity index (χ3n) is 2.57. The molecule has 1 rings (SSSR count). The molecule has 0 aliphatic heterocycles. The molecule has 0 bridgehead atoms. The van der Waals surface area contributed by atoms with E-state index < -0.39 is 7.12 Å². The molecular weight excluding hydrogens is 215 g/mol. The second-order valence-electron chi connectivity index (χ2n) is 4.04. The van der Waals surface area contributed by atoms with E-state index in [1.165, 1.54) is 0 Å². The molecule has 0 aliphatic rings. The van der Waals surface area contributed by atoms with Gasteiger partial charge in [0.05, 0.1) is 6.10 Å². The molecule has 3 nitrogen and oxygen atoms in total. The molecule has 94 valence electrons. The molecule has 0 fully saturated rings. The monoisotopic (exact) mass is 236 g/mol. The van der Waals surface area contributed by atoms with Crippen LogP contribution in [0.5, 0.6) is 0 Å². The maximum Gasteiger partial charge on any atom is 0.491 e. The number of rotatable bonds is 8. The van der Waals surface area contributed by atoms with Crippen LogP contribution in [0.4, 0.5) is 0 Å². The van der Waals surface area contributed by atoms with Gasteiger partial charge in [0.15, 0.2) is 0 Å². The molecule has 1 atom stereocenters. The van der Waals surface area contributed by atoms with E-state index in [1.807, 2.05) is 37.3 Å². The van der Waals surface area contributed by atoms with Crippen molar-refractivity contribution < 1.29 is 14.4 Å². The Balaban J connectivity index is 2.14. The summed E-state index contributed by atoms with van der Waals surface area (Å²) in [5, 5.41) is 9.74. The average molecular weight is 236 g/mol. The molecule has 1 N–H and O–H groups in total. The third kappa shape index (κ3) is 5.87. The molecule has 4 heteroatoms. The SMILES string of the molecule is CCOC(C)CCCOB(O)c1ccccc1. The van der Waals surface area contributed by atoms with Crippen molar-refractivity contribution in [2.24, 2.45) is 0 Å². The summed E-state index contributed by atoms with van der Waals surface area (Å²) in [6, 6.07) is 9.40. The largest absolute Gasteiger partial charge is 0.491 e. The van der Waals surface area contributed by atoms with Crippen molar-refractivity contribution >= 4 is 12.6 Å². The molecule has 0 saturated heterocycles. The lowest BCUT2D eigenvalue weighted by molar-refractivity contribution is 0.0651. The first-order valence-electron chi connectivity index (χ1n) is 6.20. The van der Waals surface area contributed by atoms with Crippen LogP contribution in [0.25, 0.3) is 0 Å². The van der Waals surface area contributed by atoms with Crippen LogP contribution in [0.1, 0.15) is 26.7 Å². The number of hydrogen-bond acceptors (Lipinski definition) is 3. The highest BCUT2D eigenvalue weighted by atomic mass is 16.5. The Bertz CT molecular complexity index is 292. The van der Waals surface area contributed by atoms with Crippen LogP contribution in [0.2, 0.25) is 0 Å². The first-order valence-corrected chi connectivity index (χ1v) is 6.20. The number of benzene rings is 1. The van der Waals surface area contributed by atoms with Gasteiger partial charge in [-0.25, -0.2) is 0 Å². The summed E-state index contributed by atoms with van der Waals surface area (Å²) in [6.07, 6.45) is 2.11. The zero-order valence-electron chi connectivity index (χ0n) is 10.6. The highest BCUT2D eigenvalue weighted by Crippen LogP contribution is 2.01. The maximum atomic E-state index is 9.74. The third-order valence-corrected chi connectivity index (χ3v) is 2.57. The predicted molar refractivity (Wildman–Crippen MR) is 70.3 cm³/mol. The van der Waals surface area contributed by atoms with E-state index in [0.29, 0.717) is 6.61 Å². The second-order valence-corrected chi connectivity index (χ2v) is 4.04. The van der Waals surface area contributed by atoms with Crippen LogP contribution in [0, 0.1) is 0 Å². The highest BCUT2D eigenvalue weighted by molar-refractivity contribution is 6.59. The van der Waals surface area contributed by atoms with Crippen molar-refractivity contribution in [3.8, 4) is 0 Å². The first-order chi connectivity index (χ1) is 8.24. The maximum absolute atomic E-state index is 9.74. The Labute approximate surface area is 104 Å². The summed E-state index contributed by atoms with van der Waals surface area (Å²) < 4.78 is 10.8. The van der Waals surface area contributed by atoms with E-state index in [4.69, 9.17) is 9.39 Å². The predicted octanol–water partition coefficient (Wildman–Crippen LogP) is 1.60. The van der Waals surface area contributed by atoms with Gasteiger partial charge in [-0.15, -0.1) is 0 Å². The van der Waals surface area contributed by atoms with Crippen molar-refractivity contribution in [3.63, 3.8) is 0 Å². The van der Waals surface area contributed by atoms with Crippen molar-refractivity contribution in [2.75, 3.05) is 13.2 Å². The Kier molecular flexibility index (Phi) is 6.93. The van der Waals surface area contributed by atoms with Crippen molar-refractivity contribution in [3.05, 3.63) is 30.3 Å². The molecule has 1 unspecified atom stereocenters. The van der Waals surface area contributed by atoms with Crippen LogP contribution in [0.3, 0.4) is 0 Å². The minimum Gasteiger partial charge on any atom is -0.423 e. The Hall–Kier alpha value is -0.835. The summed E-state index contributed by atoms with van der Waals surface area (Å²) in [5.74, 6) is 0. The molecule has 0 radical (unpaired) electrons. The smallest absolute Gasteiger partial charge is 0.423 e. The van der Waals surface area contributed by atoms with Gasteiger partial charge in [0.25, 0.3) is 0 Å². The van der Waals surface area contributed by atoms with E-state index in [9.17, 15) is 5.02 Å².